The number of benzene rings is 3. The van der Waals surface area contributed by atoms with Crippen LogP contribution in [0.5, 0.6) is 0 Å². The van der Waals surface area contributed by atoms with Gasteiger partial charge in [-0.2, -0.15) is 0 Å². The second-order valence-corrected chi connectivity index (χ2v) is 15.8. The van der Waals surface area contributed by atoms with Crippen LogP contribution >= 0.6 is 61.1 Å². The minimum Gasteiger partial charge on any atom is -0.343 e. The smallest absolute Gasteiger partial charge is 0.262 e. The van der Waals surface area contributed by atoms with Crippen LogP contribution in [0.4, 0.5) is 0 Å². The molecular formula is C39H30N6O7S5. The molecule has 3 fully saturated rings. The number of nitrogens with one attached hydrogen (secondary N) is 3. The molecule has 7 amide bonds. The Morgan fingerprint density at radius 1 is 0.404 bits per heavy atom. The second-order valence-electron chi connectivity index (χ2n) is 13.5. The molecule has 3 unspecified atom stereocenters. The Bertz CT molecular complexity index is 2040. The van der Waals surface area contributed by atoms with Gasteiger partial charge in [-0.25, -0.2) is 0 Å². The lowest BCUT2D eigenvalue weighted by atomic mass is 10.1. The number of thiocarbonyl (C=S) groups is 5. The molecule has 6 aliphatic rings. The van der Waals surface area contributed by atoms with Gasteiger partial charge in [0, 0.05) is 24.8 Å². The first-order valence-corrected chi connectivity index (χ1v) is 19.7. The molecule has 288 valence electrons. The van der Waals surface area contributed by atoms with E-state index in [9.17, 15) is 33.6 Å². The summed E-state index contributed by atoms with van der Waals surface area (Å²) in [4.78, 5) is 91.5. The van der Waals surface area contributed by atoms with Crippen LogP contribution in [0, 0.1) is 0 Å². The summed E-state index contributed by atoms with van der Waals surface area (Å²) in [6.45, 7) is 0. The number of carbonyl (C=O) groups is 7. The minimum absolute atomic E-state index is 0.200. The molecule has 9 rings (SSSR count). The van der Waals surface area contributed by atoms with Crippen molar-refractivity contribution in [3.05, 3.63) is 106 Å². The maximum atomic E-state index is 12.4. The highest BCUT2D eigenvalue weighted by atomic mass is 32.1. The third kappa shape index (κ3) is 7.46. The average molecular weight is 855 g/mol. The van der Waals surface area contributed by atoms with Crippen molar-refractivity contribution in [3.63, 3.8) is 0 Å². The second kappa shape index (κ2) is 16.2. The van der Waals surface area contributed by atoms with Gasteiger partial charge in [0.2, 0.25) is 11.8 Å². The highest BCUT2D eigenvalue weighted by Crippen LogP contribution is 2.30. The summed E-state index contributed by atoms with van der Waals surface area (Å²) in [5, 5.41) is 8.02. The van der Waals surface area contributed by atoms with Crippen LogP contribution in [0.1, 0.15) is 95.9 Å². The molecule has 0 radical (unpaired) electrons. The van der Waals surface area contributed by atoms with Gasteiger partial charge in [0.05, 0.1) is 48.8 Å². The molecule has 0 aliphatic carbocycles. The normalized spacial score (nSPS) is 22.5. The monoisotopic (exact) mass is 854 g/mol. The van der Waals surface area contributed by atoms with Crippen LogP contribution in [-0.4, -0.2) is 99.1 Å². The largest absolute Gasteiger partial charge is 0.343 e. The molecule has 13 nitrogen and oxygen atoms in total. The van der Waals surface area contributed by atoms with Gasteiger partial charge in [-0.1, -0.05) is 104 Å². The van der Waals surface area contributed by atoms with Crippen LogP contribution in [-0.2, 0) is 9.59 Å². The minimum atomic E-state index is -0.765. The standard InChI is InChI=1S/C13H10N2O3S.2C13H10N2O2S2/c16-11-9(5-6-10(19)14-11)15-12(17)7-3-1-2-4-8(7)13(15)18;16-12-7-3-1-2-4-8(7)13(17)15(12)9-5-6-10(18)14-11(9)19;16-11-9(5-6-10(18)14-11)15-12(17)7-3-1-2-4-8(7)13(15)19/h1-4,9H,5-6H2,(H,14,16,19);1-4,9H,5-6H2,(H,14,18,19);1-4,9H,5-6H2,(H,14,16,18). The quantitative estimate of drug-likeness (QED) is 0.256. The highest BCUT2D eigenvalue weighted by molar-refractivity contribution is 7.82. The van der Waals surface area contributed by atoms with Crippen molar-refractivity contribution in [1.82, 2.24) is 30.7 Å². The number of rotatable bonds is 3. The van der Waals surface area contributed by atoms with E-state index in [0.29, 0.717) is 91.3 Å². The Hall–Kier alpha value is -5.40. The predicted molar refractivity (Wildman–Crippen MR) is 227 cm³/mol. The number of hydrogen-bond acceptors (Lipinski definition) is 12. The van der Waals surface area contributed by atoms with Gasteiger partial charge in [-0.3, -0.25) is 48.3 Å². The number of carbonyl (C=O) groups excluding carboxylic acids is 7. The first kappa shape index (κ1) is 39.8. The molecule has 3 saturated heterocycles. The lowest BCUT2D eigenvalue weighted by Crippen LogP contribution is -2.53. The number of imide groups is 2. The summed E-state index contributed by atoms with van der Waals surface area (Å²) in [5.41, 5.74) is 2.89. The molecule has 3 N–H and O–H groups in total. The van der Waals surface area contributed by atoms with Gasteiger partial charge >= 0.3 is 0 Å². The van der Waals surface area contributed by atoms with Gasteiger partial charge in [-0.15, -0.1) is 0 Å². The third-order valence-electron chi connectivity index (χ3n) is 10.0. The average Bonchev–Trinajstić information content (AvgIpc) is 3.71. The topological polar surface area (TPSA) is 165 Å². The van der Waals surface area contributed by atoms with E-state index in [1.165, 1.54) is 9.80 Å². The molecular weight excluding hydrogens is 825 g/mol. The van der Waals surface area contributed by atoms with Crippen LogP contribution in [0.2, 0.25) is 0 Å². The number of piperidine rings is 3. The van der Waals surface area contributed by atoms with Crippen molar-refractivity contribution in [3.8, 4) is 0 Å². The molecule has 3 aromatic rings. The molecule has 18 heteroatoms. The maximum Gasteiger partial charge on any atom is 0.262 e. The van der Waals surface area contributed by atoms with Gasteiger partial charge in [0.15, 0.2) is 0 Å². The lowest BCUT2D eigenvalue weighted by molar-refractivity contribution is -0.124. The van der Waals surface area contributed by atoms with E-state index in [2.05, 4.69) is 16.0 Å². The van der Waals surface area contributed by atoms with Crippen molar-refractivity contribution in [2.45, 2.75) is 56.7 Å². The predicted octanol–water partition coefficient (Wildman–Crippen LogP) is 4.00. The van der Waals surface area contributed by atoms with Crippen molar-refractivity contribution in [2.75, 3.05) is 0 Å². The first-order chi connectivity index (χ1) is 27.3. The molecule has 57 heavy (non-hydrogen) atoms. The van der Waals surface area contributed by atoms with Crippen LogP contribution in [0.15, 0.2) is 72.8 Å². The Morgan fingerprint density at radius 3 is 1.07 bits per heavy atom. The lowest BCUT2D eigenvalue weighted by Gasteiger charge is -2.31. The molecule has 3 atom stereocenters. The van der Waals surface area contributed by atoms with Crippen molar-refractivity contribution >= 4 is 127 Å². The van der Waals surface area contributed by atoms with Crippen molar-refractivity contribution in [2.24, 2.45) is 0 Å². The van der Waals surface area contributed by atoms with E-state index < -0.39 is 29.9 Å². The molecule has 6 heterocycles. The SMILES string of the molecule is O=C1NC(=S)CCC1N1C(=O)c2ccccc2C1=O.O=C1NC(=S)CCC1N1C(=O)c2ccccc2C1=S.O=C1c2ccccc2C(=O)N1C1CCC(=S)NC1=S. The van der Waals surface area contributed by atoms with E-state index in [-0.39, 0.29) is 29.5 Å². The van der Waals surface area contributed by atoms with Gasteiger partial charge in [0.25, 0.3) is 29.5 Å². The number of fused-ring (bicyclic) bond motifs is 3. The van der Waals surface area contributed by atoms with Crippen molar-refractivity contribution < 1.29 is 33.6 Å². The summed E-state index contributed by atoms with van der Waals surface area (Å²) < 4.78 is 0. The van der Waals surface area contributed by atoms with E-state index in [1.54, 1.807) is 66.7 Å². The molecule has 0 saturated carbocycles. The van der Waals surface area contributed by atoms with Crippen LogP contribution < -0.4 is 16.0 Å². The summed E-state index contributed by atoms with van der Waals surface area (Å²) in [6, 6.07) is 18.9. The van der Waals surface area contributed by atoms with E-state index in [0.717, 1.165) is 10.5 Å². The maximum absolute atomic E-state index is 12.4. The number of amides is 7. The van der Waals surface area contributed by atoms with Crippen LogP contribution in [0.25, 0.3) is 0 Å². The summed E-state index contributed by atoms with van der Waals surface area (Å²) in [6.07, 6.45) is 3.22. The molecule has 6 aliphatic heterocycles. The third-order valence-corrected chi connectivity index (χ3v) is 11.8. The zero-order valence-electron chi connectivity index (χ0n) is 29.6. The Labute approximate surface area is 352 Å². The Kier molecular flexibility index (Phi) is 11.3. The van der Waals surface area contributed by atoms with E-state index in [1.807, 2.05) is 6.07 Å². The Morgan fingerprint density at radius 2 is 0.702 bits per heavy atom. The zero-order valence-corrected chi connectivity index (χ0v) is 33.7. The number of nitrogens with zero attached hydrogens (tertiary/aromatic N) is 3. The molecule has 0 spiro atoms. The first-order valence-electron chi connectivity index (χ1n) is 17.7. The van der Waals surface area contributed by atoms with Gasteiger partial charge in [-0.05, 0) is 49.6 Å². The van der Waals surface area contributed by atoms with Gasteiger partial charge in [0.1, 0.15) is 22.1 Å². The zero-order chi connectivity index (χ0) is 40.7. The summed E-state index contributed by atoms with van der Waals surface area (Å²) >= 11 is 25.5. The molecule has 0 bridgehead atoms. The fraction of sp³-hybridized carbons (Fsp3) is 0.231. The van der Waals surface area contributed by atoms with Crippen LogP contribution in [0.3, 0.4) is 0 Å². The molecule has 0 aromatic heterocycles. The fourth-order valence-corrected chi connectivity index (χ4v) is 8.72. The summed E-state index contributed by atoms with van der Waals surface area (Å²) in [7, 11) is 0. The fourth-order valence-electron chi connectivity index (χ4n) is 7.26. The molecule has 3 aromatic carbocycles. The van der Waals surface area contributed by atoms with E-state index >= 15 is 0 Å². The number of hydrogen-bond donors (Lipinski definition) is 3. The van der Waals surface area contributed by atoms with Gasteiger partial charge < -0.3 is 16.0 Å². The summed E-state index contributed by atoms with van der Waals surface area (Å²) in [5.74, 6) is -2.20. The Balaban J connectivity index is 0.000000131. The van der Waals surface area contributed by atoms with Crippen molar-refractivity contribution in [1.29, 1.82) is 0 Å². The highest BCUT2D eigenvalue weighted by Gasteiger charge is 2.45. The van der Waals surface area contributed by atoms with E-state index in [4.69, 9.17) is 61.1 Å².